The van der Waals surface area contributed by atoms with Crippen LogP contribution in [0.15, 0.2) is 24.3 Å². The number of hydrogen-bond donors (Lipinski definition) is 1. The average Bonchev–Trinajstić information content (AvgIpc) is 2.46. The second-order valence-electron chi connectivity index (χ2n) is 5.80. The standard InChI is InChI=1S/C19H28O/c1-5-7-8-17(6-2)19(20)14-11-16-9-12-18(13-10-16)15(3)4/h9-10,12-13,15,17,19-20H,5-8H2,1-4H3. The summed E-state index contributed by atoms with van der Waals surface area (Å²) in [4.78, 5) is 0. The van der Waals surface area contributed by atoms with Gasteiger partial charge in [-0.25, -0.2) is 0 Å². The molecule has 110 valence electrons. The number of hydrogen-bond acceptors (Lipinski definition) is 1. The third kappa shape index (κ3) is 5.39. The van der Waals surface area contributed by atoms with E-state index in [2.05, 4.69) is 51.7 Å². The molecule has 0 bridgehead atoms. The van der Waals surface area contributed by atoms with Gasteiger partial charge in [-0.3, -0.25) is 0 Å². The first-order chi connectivity index (χ1) is 9.58. The molecule has 20 heavy (non-hydrogen) atoms. The van der Waals surface area contributed by atoms with E-state index in [4.69, 9.17) is 0 Å². The summed E-state index contributed by atoms with van der Waals surface area (Å²) in [7, 11) is 0. The van der Waals surface area contributed by atoms with E-state index in [1.807, 2.05) is 12.1 Å². The fourth-order valence-corrected chi connectivity index (χ4v) is 2.28. The van der Waals surface area contributed by atoms with Crippen LogP contribution in [0.25, 0.3) is 0 Å². The number of aliphatic hydroxyl groups is 1. The molecule has 2 unspecified atom stereocenters. The maximum absolute atomic E-state index is 10.2. The Morgan fingerprint density at radius 2 is 1.75 bits per heavy atom. The quantitative estimate of drug-likeness (QED) is 0.742. The van der Waals surface area contributed by atoms with E-state index < -0.39 is 6.10 Å². The normalized spacial score (nSPS) is 13.7. The summed E-state index contributed by atoms with van der Waals surface area (Å²) in [5, 5.41) is 10.2. The van der Waals surface area contributed by atoms with Crippen LogP contribution in [-0.4, -0.2) is 11.2 Å². The maximum atomic E-state index is 10.2. The Balaban J connectivity index is 2.67. The van der Waals surface area contributed by atoms with Crippen LogP contribution < -0.4 is 0 Å². The van der Waals surface area contributed by atoms with Crippen LogP contribution in [-0.2, 0) is 0 Å². The van der Waals surface area contributed by atoms with Gasteiger partial charge in [0.25, 0.3) is 0 Å². The second-order valence-corrected chi connectivity index (χ2v) is 5.80. The van der Waals surface area contributed by atoms with E-state index in [9.17, 15) is 5.11 Å². The van der Waals surface area contributed by atoms with Gasteiger partial charge in [0.15, 0.2) is 0 Å². The predicted molar refractivity (Wildman–Crippen MR) is 86.7 cm³/mol. The molecule has 1 aromatic carbocycles. The molecule has 0 heterocycles. The highest BCUT2D eigenvalue weighted by Gasteiger charge is 2.14. The van der Waals surface area contributed by atoms with Gasteiger partial charge in [0, 0.05) is 5.56 Å². The molecule has 1 rings (SSSR count). The Hall–Kier alpha value is -1.26. The molecule has 0 aliphatic heterocycles. The van der Waals surface area contributed by atoms with Crippen molar-refractivity contribution in [3.8, 4) is 11.8 Å². The lowest BCUT2D eigenvalue weighted by molar-refractivity contribution is 0.150. The van der Waals surface area contributed by atoms with Crippen molar-refractivity contribution in [2.24, 2.45) is 5.92 Å². The van der Waals surface area contributed by atoms with Crippen LogP contribution >= 0.6 is 0 Å². The SMILES string of the molecule is CCCCC(CC)C(O)C#Cc1ccc(C(C)C)cc1. The number of unbranched alkanes of at least 4 members (excludes halogenated alkanes) is 1. The molecular formula is C19H28O. The number of rotatable bonds is 6. The highest BCUT2D eigenvalue weighted by molar-refractivity contribution is 5.37. The van der Waals surface area contributed by atoms with Gasteiger partial charge >= 0.3 is 0 Å². The Morgan fingerprint density at radius 3 is 2.25 bits per heavy atom. The lowest BCUT2D eigenvalue weighted by Crippen LogP contribution is -2.17. The van der Waals surface area contributed by atoms with Gasteiger partial charge < -0.3 is 5.11 Å². The number of benzene rings is 1. The van der Waals surface area contributed by atoms with Crippen molar-refractivity contribution in [1.29, 1.82) is 0 Å². The molecule has 1 aromatic rings. The second kappa shape index (κ2) is 8.82. The zero-order valence-electron chi connectivity index (χ0n) is 13.3. The summed E-state index contributed by atoms with van der Waals surface area (Å²) < 4.78 is 0. The molecule has 0 aromatic heterocycles. The monoisotopic (exact) mass is 272 g/mol. The van der Waals surface area contributed by atoms with Gasteiger partial charge in [0.05, 0.1) is 0 Å². The van der Waals surface area contributed by atoms with E-state index >= 15 is 0 Å². The van der Waals surface area contributed by atoms with Crippen LogP contribution in [0.2, 0.25) is 0 Å². The minimum atomic E-state index is -0.503. The van der Waals surface area contributed by atoms with Crippen molar-refractivity contribution in [2.45, 2.75) is 65.4 Å². The molecule has 2 atom stereocenters. The zero-order chi connectivity index (χ0) is 15.0. The van der Waals surface area contributed by atoms with Crippen molar-refractivity contribution in [1.82, 2.24) is 0 Å². The summed E-state index contributed by atoms with van der Waals surface area (Å²) in [6.07, 6.45) is 3.89. The van der Waals surface area contributed by atoms with Gasteiger partial charge in [0.2, 0.25) is 0 Å². The molecule has 0 saturated carbocycles. The predicted octanol–water partition coefficient (Wildman–Crippen LogP) is 4.74. The molecule has 0 spiro atoms. The summed E-state index contributed by atoms with van der Waals surface area (Å²) in [5.74, 6) is 6.96. The van der Waals surface area contributed by atoms with E-state index in [0.29, 0.717) is 11.8 Å². The van der Waals surface area contributed by atoms with Crippen LogP contribution in [0.3, 0.4) is 0 Å². The fourth-order valence-electron chi connectivity index (χ4n) is 2.28. The Bertz CT molecular complexity index is 433. The first-order valence-corrected chi connectivity index (χ1v) is 7.88. The van der Waals surface area contributed by atoms with Crippen LogP contribution in [0.4, 0.5) is 0 Å². The van der Waals surface area contributed by atoms with Crippen molar-refractivity contribution < 1.29 is 5.11 Å². The summed E-state index contributed by atoms with van der Waals surface area (Å²) in [6, 6.07) is 8.33. The summed E-state index contributed by atoms with van der Waals surface area (Å²) >= 11 is 0. The van der Waals surface area contributed by atoms with Crippen molar-refractivity contribution >= 4 is 0 Å². The molecule has 0 fully saturated rings. The molecule has 1 nitrogen and oxygen atoms in total. The highest BCUT2D eigenvalue weighted by Crippen LogP contribution is 2.17. The molecule has 0 amide bonds. The molecule has 0 aliphatic rings. The van der Waals surface area contributed by atoms with E-state index in [1.54, 1.807) is 0 Å². The lowest BCUT2D eigenvalue weighted by atomic mass is 9.93. The van der Waals surface area contributed by atoms with Gasteiger partial charge in [-0.1, -0.05) is 64.5 Å². The van der Waals surface area contributed by atoms with E-state index in [1.165, 1.54) is 18.4 Å². The van der Waals surface area contributed by atoms with Gasteiger partial charge in [-0.05, 0) is 42.4 Å². The van der Waals surface area contributed by atoms with E-state index in [0.717, 1.165) is 18.4 Å². The van der Waals surface area contributed by atoms with Gasteiger partial charge in [-0.15, -0.1) is 0 Å². The highest BCUT2D eigenvalue weighted by atomic mass is 16.3. The lowest BCUT2D eigenvalue weighted by Gasteiger charge is -2.16. The van der Waals surface area contributed by atoms with E-state index in [-0.39, 0.29) is 0 Å². The van der Waals surface area contributed by atoms with Crippen molar-refractivity contribution in [3.63, 3.8) is 0 Å². The Morgan fingerprint density at radius 1 is 1.10 bits per heavy atom. The average molecular weight is 272 g/mol. The minimum Gasteiger partial charge on any atom is -0.380 e. The van der Waals surface area contributed by atoms with Gasteiger partial charge in [0.1, 0.15) is 6.10 Å². The maximum Gasteiger partial charge on any atom is 0.117 e. The van der Waals surface area contributed by atoms with Crippen molar-refractivity contribution in [2.75, 3.05) is 0 Å². The van der Waals surface area contributed by atoms with Crippen LogP contribution in [0, 0.1) is 17.8 Å². The minimum absolute atomic E-state index is 0.303. The molecule has 1 N–H and O–H groups in total. The topological polar surface area (TPSA) is 20.2 Å². The van der Waals surface area contributed by atoms with Crippen LogP contribution in [0.5, 0.6) is 0 Å². The smallest absolute Gasteiger partial charge is 0.117 e. The third-order valence-electron chi connectivity index (χ3n) is 3.84. The molecular weight excluding hydrogens is 244 g/mol. The largest absolute Gasteiger partial charge is 0.380 e. The molecule has 0 saturated heterocycles. The molecule has 1 heteroatoms. The molecule has 0 aliphatic carbocycles. The fraction of sp³-hybridized carbons (Fsp3) is 0.579. The van der Waals surface area contributed by atoms with Crippen molar-refractivity contribution in [3.05, 3.63) is 35.4 Å². The Kier molecular flexibility index (Phi) is 7.41. The summed E-state index contributed by atoms with van der Waals surface area (Å²) in [6.45, 7) is 8.68. The third-order valence-corrected chi connectivity index (χ3v) is 3.84. The number of aliphatic hydroxyl groups excluding tert-OH is 1. The van der Waals surface area contributed by atoms with Crippen LogP contribution in [0.1, 0.15) is 70.4 Å². The first kappa shape index (κ1) is 16.8. The summed E-state index contributed by atoms with van der Waals surface area (Å²) in [5.41, 5.74) is 2.31. The Labute approximate surface area is 124 Å². The molecule has 0 radical (unpaired) electrons. The van der Waals surface area contributed by atoms with Gasteiger partial charge in [-0.2, -0.15) is 0 Å². The first-order valence-electron chi connectivity index (χ1n) is 7.88. The zero-order valence-corrected chi connectivity index (χ0v) is 13.3.